The minimum Gasteiger partial charge on any atom is -0.497 e. The largest absolute Gasteiger partial charge is 0.497 e. The van der Waals surface area contributed by atoms with E-state index in [9.17, 15) is 27.6 Å². The molecule has 3 fully saturated rings. The maximum Gasteiger partial charge on any atom is 0.262 e. The molecule has 15 heteroatoms. The Labute approximate surface area is 337 Å². The van der Waals surface area contributed by atoms with E-state index in [0.29, 0.717) is 67.7 Å². The van der Waals surface area contributed by atoms with Crippen LogP contribution in [0.3, 0.4) is 0 Å². The number of rotatable bonds is 7. The lowest BCUT2D eigenvalue weighted by atomic mass is 9.87. The molecule has 1 saturated heterocycles. The zero-order valence-corrected chi connectivity index (χ0v) is 34.6. The van der Waals surface area contributed by atoms with Gasteiger partial charge in [-0.3, -0.25) is 23.9 Å². The van der Waals surface area contributed by atoms with Gasteiger partial charge in [-0.1, -0.05) is 31.9 Å². The monoisotopic (exact) mass is 817 g/mol. The molecule has 3 N–H and O–H groups in total. The summed E-state index contributed by atoms with van der Waals surface area (Å²) in [4.78, 5) is 65.2. The van der Waals surface area contributed by atoms with E-state index in [1.54, 1.807) is 20.1 Å². The first-order valence-electron chi connectivity index (χ1n) is 20.1. The molecular formula is C42H51N5O8S2. The molecule has 13 nitrogen and oxygen atoms in total. The summed E-state index contributed by atoms with van der Waals surface area (Å²) in [7, 11) is -2.37. The van der Waals surface area contributed by atoms with Gasteiger partial charge in [0.15, 0.2) is 0 Å². The number of carbonyl (C=O) groups is 4. The molecule has 0 radical (unpaired) electrons. The van der Waals surface area contributed by atoms with Crippen molar-refractivity contribution in [3.63, 3.8) is 0 Å². The number of sulfonamides is 1. The van der Waals surface area contributed by atoms with E-state index < -0.39 is 61.6 Å². The van der Waals surface area contributed by atoms with Crippen molar-refractivity contribution in [2.75, 3.05) is 13.7 Å². The summed E-state index contributed by atoms with van der Waals surface area (Å²) >= 11 is 1.35. The van der Waals surface area contributed by atoms with Crippen LogP contribution in [0, 0.1) is 12.8 Å². The number of hydrogen-bond acceptors (Lipinski definition) is 10. The zero-order chi connectivity index (χ0) is 40.3. The third-order valence-corrected chi connectivity index (χ3v) is 15.8. The van der Waals surface area contributed by atoms with Crippen molar-refractivity contribution in [2.24, 2.45) is 5.92 Å². The number of aryl methyl sites for hydroxylation is 3. The molecule has 2 aromatic heterocycles. The number of pyridine rings is 1. The van der Waals surface area contributed by atoms with Crippen LogP contribution in [0.2, 0.25) is 0 Å². The van der Waals surface area contributed by atoms with Gasteiger partial charge in [0.25, 0.3) is 11.8 Å². The van der Waals surface area contributed by atoms with E-state index in [4.69, 9.17) is 14.5 Å². The van der Waals surface area contributed by atoms with E-state index >= 15 is 0 Å². The van der Waals surface area contributed by atoms with Gasteiger partial charge in [0.1, 0.15) is 34.7 Å². The first-order chi connectivity index (χ1) is 27.2. The molecule has 2 saturated carbocycles. The van der Waals surface area contributed by atoms with Crippen LogP contribution in [-0.4, -0.2) is 83.6 Å². The maximum atomic E-state index is 14.9. The van der Waals surface area contributed by atoms with Crippen LogP contribution in [0.4, 0.5) is 0 Å². The molecule has 304 valence electrons. The van der Waals surface area contributed by atoms with Gasteiger partial charge in [-0.25, -0.2) is 13.4 Å². The van der Waals surface area contributed by atoms with Crippen LogP contribution in [0.1, 0.15) is 104 Å². The van der Waals surface area contributed by atoms with Crippen molar-refractivity contribution in [1.82, 2.24) is 25.2 Å². The van der Waals surface area contributed by atoms with Crippen molar-refractivity contribution in [3.05, 3.63) is 63.5 Å². The number of carbonyl (C=O) groups excluding carboxylic acids is 4. The highest BCUT2D eigenvalue weighted by Gasteiger charge is 2.64. The second kappa shape index (κ2) is 14.7. The van der Waals surface area contributed by atoms with Crippen LogP contribution in [-0.2, 0) is 37.2 Å². The number of ether oxygens (including phenoxy) is 2. The molecule has 1 spiro atoms. The fraction of sp³-hybridized carbons (Fsp3) is 0.548. The average Bonchev–Trinajstić information content (AvgIpc) is 4.01. The summed E-state index contributed by atoms with van der Waals surface area (Å²) in [5.74, 6) is -1.18. The highest BCUT2D eigenvalue weighted by molar-refractivity contribution is 7.91. The predicted octanol–water partition coefficient (Wildman–Crippen LogP) is 5.03. The number of aromatic nitrogens is 1. The van der Waals surface area contributed by atoms with Crippen molar-refractivity contribution >= 4 is 55.9 Å². The number of hydrogen-bond donors (Lipinski definition) is 3. The maximum absolute atomic E-state index is 14.9. The number of thiophene rings is 1. The standard InChI is InChI=1S/C42H51N5O8S2/c1-5-30-35-28(29-21-27(54-4)14-15-31(29)43-30)17-18-41(55-35)23-33-36(48)45-42(39(51)46-57(52,53)40(3)19-20-40)22-26(42)11-9-7-6-8-10-12-32(38(50)47(33)24-41)44-37(49)34-16-13-25(2)56-34/h9,11,13-16,21,26,32-33H,5-8,10,12,17-20,22-24H2,1-4H3,(H,44,49)(H,45,48)(H,46,51)/b11-9-/t26-,32+,33+,41-,42-/m1/s1. The topological polar surface area (TPSA) is 173 Å². The summed E-state index contributed by atoms with van der Waals surface area (Å²) in [5, 5.41) is 6.90. The molecule has 2 aliphatic carbocycles. The summed E-state index contributed by atoms with van der Waals surface area (Å²) in [5.41, 5.74) is 0.112. The summed E-state index contributed by atoms with van der Waals surface area (Å²) < 4.78 is 40.3. The number of nitrogens with one attached hydrogen (secondary N) is 3. The van der Waals surface area contributed by atoms with Gasteiger partial charge >= 0.3 is 0 Å². The molecule has 0 bridgehead atoms. The van der Waals surface area contributed by atoms with Gasteiger partial charge in [-0.15, -0.1) is 11.3 Å². The van der Waals surface area contributed by atoms with Crippen molar-refractivity contribution < 1.29 is 37.1 Å². The Balaban J connectivity index is 1.15. The Morgan fingerprint density at radius 2 is 1.91 bits per heavy atom. The van der Waals surface area contributed by atoms with Crippen LogP contribution >= 0.6 is 11.3 Å². The molecule has 8 rings (SSSR count). The van der Waals surface area contributed by atoms with Gasteiger partial charge in [-0.05, 0) is 102 Å². The van der Waals surface area contributed by atoms with Crippen LogP contribution in [0.5, 0.6) is 11.5 Å². The second-order valence-electron chi connectivity index (χ2n) is 16.7. The van der Waals surface area contributed by atoms with Crippen LogP contribution in [0.25, 0.3) is 10.9 Å². The van der Waals surface area contributed by atoms with Gasteiger partial charge in [-0.2, -0.15) is 0 Å². The Morgan fingerprint density at radius 1 is 1.11 bits per heavy atom. The van der Waals surface area contributed by atoms with Gasteiger partial charge < -0.3 is 25.0 Å². The lowest BCUT2D eigenvalue weighted by Gasteiger charge is -2.37. The second-order valence-corrected chi connectivity index (χ2v) is 20.2. The quantitative estimate of drug-likeness (QED) is 0.277. The van der Waals surface area contributed by atoms with Crippen LogP contribution < -0.4 is 24.8 Å². The Hall–Kier alpha value is -4.50. The SMILES string of the molecule is CCc1nc2ccc(OC)cc2c2c1O[C@]1(CC2)C[C@H]2C(=O)N[C@]3(C(=O)NS(=O)(=O)C4(C)CC4)C[C@H]3/C=C\CCCCC[C@H](NC(=O)c3ccc(C)s3)C(=O)N2C1. The van der Waals surface area contributed by atoms with E-state index in [0.717, 1.165) is 39.9 Å². The Kier molecular flexibility index (Phi) is 10.1. The number of allylic oxidation sites excluding steroid dienone is 1. The third kappa shape index (κ3) is 7.30. The van der Waals surface area contributed by atoms with Crippen LogP contribution in [0.15, 0.2) is 42.5 Å². The van der Waals surface area contributed by atoms with Gasteiger partial charge in [0, 0.05) is 28.2 Å². The molecule has 5 aliphatic rings. The minimum atomic E-state index is -3.99. The zero-order valence-electron chi connectivity index (χ0n) is 32.9. The molecule has 0 unspecified atom stereocenters. The number of benzene rings is 1. The van der Waals surface area contributed by atoms with E-state index in [-0.39, 0.29) is 25.3 Å². The third-order valence-electron chi connectivity index (χ3n) is 12.7. The molecule has 57 heavy (non-hydrogen) atoms. The first-order valence-corrected chi connectivity index (χ1v) is 22.4. The minimum absolute atomic E-state index is 0.0718. The average molecular weight is 818 g/mol. The predicted molar refractivity (Wildman–Crippen MR) is 216 cm³/mol. The summed E-state index contributed by atoms with van der Waals surface area (Å²) in [6.45, 7) is 5.60. The molecular weight excluding hydrogens is 767 g/mol. The number of nitrogens with zero attached hydrogens (tertiary/aromatic N) is 2. The number of methoxy groups -OCH3 is 1. The lowest BCUT2D eigenvalue weighted by Crippen LogP contribution is -2.58. The van der Waals surface area contributed by atoms with Gasteiger partial charge in [0.05, 0.1) is 34.5 Å². The smallest absolute Gasteiger partial charge is 0.262 e. The summed E-state index contributed by atoms with van der Waals surface area (Å²) in [6, 6.07) is 7.38. The van der Waals surface area contributed by atoms with Crippen molar-refractivity contribution in [3.8, 4) is 11.5 Å². The number of fused-ring (bicyclic) bond motifs is 5. The fourth-order valence-electron chi connectivity index (χ4n) is 8.73. The molecule has 3 aliphatic heterocycles. The molecule has 5 atom stereocenters. The normalized spacial score (nSPS) is 28.8. The van der Waals surface area contributed by atoms with Gasteiger partial charge in [0.2, 0.25) is 21.8 Å². The van der Waals surface area contributed by atoms with Crippen molar-refractivity contribution in [2.45, 2.75) is 126 Å². The molecule has 1 aromatic carbocycles. The van der Waals surface area contributed by atoms with E-state index in [2.05, 4.69) is 15.4 Å². The first kappa shape index (κ1) is 39.3. The lowest BCUT2D eigenvalue weighted by molar-refractivity contribution is -0.141. The Bertz CT molecular complexity index is 2290. The molecule has 3 aromatic rings. The number of amides is 4. The molecule has 4 amide bonds. The highest BCUT2D eigenvalue weighted by atomic mass is 32.2. The fourth-order valence-corrected chi connectivity index (χ4v) is 10.8. The van der Waals surface area contributed by atoms with E-state index in [1.165, 1.54) is 16.2 Å². The van der Waals surface area contributed by atoms with Crippen molar-refractivity contribution in [1.29, 1.82) is 0 Å². The highest BCUT2D eigenvalue weighted by Crippen LogP contribution is 2.49. The molecule has 5 heterocycles. The Morgan fingerprint density at radius 3 is 2.63 bits per heavy atom. The summed E-state index contributed by atoms with van der Waals surface area (Å²) in [6.07, 6.45) is 10.2. The van der Waals surface area contributed by atoms with E-state index in [1.807, 2.05) is 50.3 Å².